The number of carbonyl (C=O) groups is 1. The van der Waals surface area contributed by atoms with Crippen LogP contribution in [-0.4, -0.2) is 51.6 Å². The average molecular weight is 462 g/mol. The molecule has 0 radical (unpaired) electrons. The number of hydrogen-bond donors (Lipinski definition) is 2. The number of nitrogens with one attached hydrogen (secondary N) is 1. The Kier molecular flexibility index (Phi) is 5.69. The maximum atomic E-state index is 12.8. The van der Waals surface area contributed by atoms with Crippen molar-refractivity contribution in [2.24, 2.45) is 0 Å². The van der Waals surface area contributed by atoms with Crippen molar-refractivity contribution in [1.82, 2.24) is 19.1 Å². The van der Waals surface area contributed by atoms with E-state index in [9.17, 15) is 18.3 Å². The molecule has 1 aliphatic rings. The summed E-state index contributed by atoms with van der Waals surface area (Å²) in [6, 6.07) is 10.7. The number of aromatic nitrogens is 3. The largest absolute Gasteiger partial charge is 0.506 e. The van der Waals surface area contributed by atoms with E-state index in [0.29, 0.717) is 29.6 Å². The first-order valence-corrected chi connectivity index (χ1v) is 11.4. The summed E-state index contributed by atoms with van der Waals surface area (Å²) in [6.07, 6.45) is 1.62. The van der Waals surface area contributed by atoms with Gasteiger partial charge in [0.05, 0.1) is 16.3 Å². The van der Waals surface area contributed by atoms with Crippen LogP contribution in [0.1, 0.15) is 29.3 Å². The van der Waals surface area contributed by atoms with E-state index in [1.54, 1.807) is 31.2 Å². The highest BCUT2D eigenvalue weighted by Gasteiger charge is 2.28. The van der Waals surface area contributed by atoms with E-state index in [-0.39, 0.29) is 22.2 Å². The van der Waals surface area contributed by atoms with Crippen LogP contribution >= 0.6 is 11.6 Å². The Morgan fingerprint density at radius 1 is 1.13 bits per heavy atom. The van der Waals surface area contributed by atoms with E-state index in [1.807, 2.05) is 0 Å². The summed E-state index contributed by atoms with van der Waals surface area (Å²) in [5.74, 6) is -0.592. The molecule has 9 nitrogen and oxygen atoms in total. The minimum absolute atomic E-state index is 0.00154. The molecule has 1 aliphatic heterocycles. The molecule has 3 aromatic rings. The lowest BCUT2D eigenvalue weighted by Crippen LogP contribution is -2.28. The summed E-state index contributed by atoms with van der Waals surface area (Å²) in [5.41, 5.74) is 0.640. The summed E-state index contributed by atoms with van der Waals surface area (Å²) in [4.78, 5) is 16.9. The van der Waals surface area contributed by atoms with Gasteiger partial charge in [-0.3, -0.25) is 4.79 Å². The number of benzene rings is 2. The summed E-state index contributed by atoms with van der Waals surface area (Å²) >= 11 is 5.91. The minimum atomic E-state index is -3.70. The van der Waals surface area contributed by atoms with Crippen molar-refractivity contribution in [2.75, 3.05) is 18.4 Å². The van der Waals surface area contributed by atoms with Crippen molar-refractivity contribution >= 4 is 33.2 Å². The molecule has 0 bridgehead atoms. The highest BCUT2D eigenvalue weighted by molar-refractivity contribution is 7.89. The zero-order valence-electron chi connectivity index (χ0n) is 16.6. The van der Waals surface area contributed by atoms with Crippen LogP contribution in [0.3, 0.4) is 0 Å². The smallest absolute Gasteiger partial charge is 0.295 e. The van der Waals surface area contributed by atoms with Crippen LogP contribution < -0.4 is 5.32 Å². The van der Waals surface area contributed by atoms with Crippen molar-refractivity contribution in [2.45, 2.75) is 24.7 Å². The molecule has 2 heterocycles. The quantitative estimate of drug-likeness (QED) is 0.564. The second-order valence-corrected chi connectivity index (χ2v) is 9.49. The van der Waals surface area contributed by atoms with Gasteiger partial charge in [-0.1, -0.05) is 11.6 Å². The molecule has 11 heteroatoms. The van der Waals surface area contributed by atoms with Crippen LogP contribution in [0.25, 0.3) is 5.69 Å². The molecule has 31 heavy (non-hydrogen) atoms. The lowest BCUT2D eigenvalue weighted by atomic mass is 10.3. The number of amides is 1. The molecule has 0 atom stereocenters. The van der Waals surface area contributed by atoms with Gasteiger partial charge in [0.15, 0.2) is 0 Å². The molecular weight excluding hydrogens is 442 g/mol. The van der Waals surface area contributed by atoms with Crippen LogP contribution in [0.4, 0.5) is 5.69 Å². The van der Waals surface area contributed by atoms with Gasteiger partial charge in [-0.15, -0.1) is 5.10 Å². The topological polar surface area (TPSA) is 117 Å². The highest BCUT2D eigenvalue weighted by atomic mass is 35.5. The van der Waals surface area contributed by atoms with Gasteiger partial charge >= 0.3 is 0 Å². The Balaban J connectivity index is 1.59. The third-order valence-electron chi connectivity index (χ3n) is 4.96. The highest BCUT2D eigenvalue weighted by Crippen LogP contribution is 2.29. The number of nitrogens with zero attached hydrogens (tertiary/aromatic N) is 4. The summed E-state index contributed by atoms with van der Waals surface area (Å²) < 4.78 is 28.4. The van der Waals surface area contributed by atoms with Crippen molar-refractivity contribution < 1.29 is 18.3 Å². The van der Waals surface area contributed by atoms with Gasteiger partial charge in [-0.25, -0.2) is 18.1 Å². The maximum Gasteiger partial charge on any atom is 0.295 e. The molecule has 2 N–H and O–H groups in total. The number of carbonyl (C=O) groups excluding carboxylic acids is 1. The molecule has 0 unspecified atom stereocenters. The van der Waals surface area contributed by atoms with Crippen molar-refractivity contribution in [1.29, 1.82) is 0 Å². The summed E-state index contributed by atoms with van der Waals surface area (Å²) in [5, 5.41) is 17.4. The SMILES string of the molecule is Cc1nc(C(=O)Nc2cc(S(=O)(=O)N3CCCC3)ccc2O)nn1-c1ccc(Cl)cc1. The van der Waals surface area contributed by atoms with E-state index in [4.69, 9.17) is 11.6 Å². The molecule has 1 saturated heterocycles. The fourth-order valence-electron chi connectivity index (χ4n) is 3.34. The van der Waals surface area contributed by atoms with E-state index in [2.05, 4.69) is 15.4 Å². The number of sulfonamides is 1. The zero-order valence-corrected chi connectivity index (χ0v) is 18.2. The number of phenols is 1. The number of halogens is 1. The molecule has 1 aromatic heterocycles. The van der Waals surface area contributed by atoms with E-state index >= 15 is 0 Å². The van der Waals surface area contributed by atoms with Crippen LogP contribution in [-0.2, 0) is 10.0 Å². The normalized spacial score (nSPS) is 14.6. The molecule has 4 rings (SSSR count). The Hall–Kier alpha value is -2.95. The van der Waals surface area contributed by atoms with Gasteiger partial charge in [-0.05, 0) is 62.2 Å². The predicted molar refractivity (Wildman–Crippen MR) is 115 cm³/mol. The second-order valence-electron chi connectivity index (χ2n) is 7.12. The van der Waals surface area contributed by atoms with Crippen LogP contribution in [0, 0.1) is 6.92 Å². The molecular formula is C20H20ClN5O4S. The van der Waals surface area contributed by atoms with Gasteiger partial charge < -0.3 is 10.4 Å². The van der Waals surface area contributed by atoms with Gasteiger partial charge in [0.25, 0.3) is 5.91 Å². The van der Waals surface area contributed by atoms with Crippen LogP contribution in [0.2, 0.25) is 5.02 Å². The fraction of sp³-hybridized carbons (Fsp3) is 0.250. The number of anilines is 1. The van der Waals surface area contributed by atoms with Crippen LogP contribution in [0.15, 0.2) is 47.4 Å². The molecule has 0 saturated carbocycles. The number of aryl methyl sites for hydroxylation is 1. The Labute approximate surface area is 184 Å². The van der Waals surface area contributed by atoms with E-state index < -0.39 is 15.9 Å². The lowest BCUT2D eigenvalue weighted by Gasteiger charge is -2.16. The predicted octanol–water partition coefficient (Wildman–Crippen LogP) is 2.97. The standard InChI is InChI=1S/C20H20ClN5O4S/c1-13-22-19(24-26(13)15-6-4-14(21)5-7-15)20(28)23-17-12-16(8-9-18(17)27)31(29,30)25-10-2-3-11-25/h4-9,12,27H,2-3,10-11H2,1H3,(H,23,28). The first-order valence-electron chi connectivity index (χ1n) is 9.60. The van der Waals surface area contributed by atoms with Crippen molar-refractivity contribution in [3.8, 4) is 11.4 Å². The maximum absolute atomic E-state index is 12.8. The summed E-state index contributed by atoms with van der Waals surface area (Å²) in [6.45, 7) is 2.60. The molecule has 1 fully saturated rings. The average Bonchev–Trinajstić information content (AvgIpc) is 3.41. The van der Waals surface area contributed by atoms with Crippen molar-refractivity contribution in [3.63, 3.8) is 0 Å². The third kappa shape index (κ3) is 4.27. The minimum Gasteiger partial charge on any atom is -0.506 e. The molecule has 162 valence electrons. The zero-order chi connectivity index (χ0) is 22.2. The lowest BCUT2D eigenvalue weighted by molar-refractivity contribution is 0.101. The van der Waals surface area contributed by atoms with Gasteiger partial charge in [-0.2, -0.15) is 4.31 Å². The Morgan fingerprint density at radius 3 is 2.48 bits per heavy atom. The number of phenolic OH excluding ortho intramolecular Hbond substituents is 1. The number of hydrogen-bond acceptors (Lipinski definition) is 6. The van der Waals surface area contributed by atoms with Gasteiger partial charge in [0.1, 0.15) is 11.6 Å². The third-order valence-corrected chi connectivity index (χ3v) is 7.11. The first kappa shape index (κ1) is 21.3. The van der Waals surface area contributed by atoms with E-state index in [0.717, 1.165) is 12.8 Å². The second kappa shape index (κ2) is 8.29. The molecule has 0 aliphatic carbocycles. The monoisotopic (exact) mass is 461 g/mol. The van der Waals surface area contributed by atoms with Crippen LogP contribution in [0.5, 0.6) is 5.75 Å². The Morgan fingerprint density at radius 2 is 1.81 bits per heavy atom. The van der Waals surface area contributed by atoms with Crippen molar-refractivity contribution in [3.05, 3.63) is 59.1 Å². The Bertz CT molecular complexity index is 1230. The first-order chi connectivity index (χ1) is 14.8. The van der Waals surface area contributed by atoms with E-state index in [1.165, 1.54) is 27.2 Å². The summed E-state index contributed by atoms with van der Waals surface area (Å²) in [7, 11) is -3.70. The number of aromatic hydroxyl groups is 1. The fourth-order valence-corrected chi connectivity index (χ4v) is 5.01. The molecule has 2 aromatic carbocycles. The van der Waals surface area contributed by atoms with Gasteiger partial charge in [0, 0.05) is 18.1 Å². The van der Waals surface area contributed by atoms with Gasteiger partial charge in [0.2, 0.25) is 15.8 Å². The molecule has 1 amide bonds. The number of rotatable bonds is 5. The molecule has 0 spiro atoms.